The van der Waals surface area contributed by atoms with Crippen molar-refractivity contribution in [2.75, 3.05) is 13.1 Å². The lowest BCUT2D eigenvalue weighted by Gasteiger charge is -2.30. The third kappa shape index (κ3) is 2.41. The molecule has 1 aromatic heterocycles. The molecule has 0 aliphatic carbocycles. The maximum Gasteiger partial charge on any atom is 0.149 e. The van der Waals surface area contributed by atoms with E-state index in [1.807, 2.05) is 11.6 Å². The van der Waals surface area contributed by atoms with Gasteiger partial charge in [0.25, 0.3) is 0 Å². The minimum absolute atomic E-state index is 0.152. The van der Waals surface area contributed by atoms with E-state index in [4.69, 9.17) is 5.73 Å². The number of hydrogen-bond acceptors (Lipinski definition) is 4. The van der Waals surface area contributed by atoms with Crippen molar-refractivity contribution in [3.05, 3.63) is 12.2 Å². The van der Waals surface area contributed by atoms with Gasteiger partial charge < -0.3 is 10.3 Å². The molecule has 1 fully saturated rings. The van der Waals surface area contributed by atoms with Gasteiger partial charge in [-0.1, -0.05) is 0 Å². The maximum atomic E-state index is 6.08. The van der Waals surface area contributed by atoms with Gasteiger partial charge in [0, 0.05) is 19.1 Å². The molecule has 1 aromatic rings. The van der Waals surface area contributed by atoms with Crippen molar-refractivity contribution < 1.29 is 0 Å². The van der Waals surface area contributed by atoms with Crippen LogP contribution in [-0.2, 0) is 7.05 Å². The van der Waals surface area contributed by atoms with E-state index in [0.29, 0.717) is 6.04 Å². The van der Waals surface area contributed by atoms with Crippen molar-refractivity contribution in [3.63, 3.8) is 0 Å². The van der Waals surface area contributed by atoms with Gasteiger partial charge in [-0.05, 0) is 33.2 Å². The minimum Gasteiger partial charge on any atom is -0.324 e. The summed E-state index contributed by atoms with van der Waals surface area (Å²) in [4.78, 5) is 2.42. The van der Waals surface area contributed by atoms with Crippen molar-refractivity contribution in [2.24, 2.45) is 12.8 Å². The molecule has 1 unspecified atom stereocenters. The highest BCUT2D eigenvalue weighted by Crippen LogP contribution is 2.30. The molecule has 0 bridgehead atoms. The molecule has 1 aliphatic rings. The van der Waals surface area contributed by atoms with Gasteiger partial charge in [-0.3, -0.25) is 4.90 Å². The van der Waals surface area contributed by atoms with Crippen molar-refractivity contribution in [2.45, 2.75) is 38.3 Å². The van der Waals surface area contributed by atoms with Crippen molar-refractivity contribution in [3.8, 4) is 0 Å². The zero-order valence-corrected chi connectivity index (χ0v) is 10.3. The van der Waals surface area contributed by atoms with E-state index in [9.17, 15) is 0 Å². The average molecular weight is 223 g/mol. The van der Waals surface area contributed by atoms with Gasteiger partial charge in [0.05, 0.1) is 6.04 Å². The maximum absolute atomic E-state index is 6.08. The molecule has 5 nitrogen and oxygen atoms in total. The quantitative estimate of drug-likeness (QED) is 0.819. The van der Waals surface area contributed by atoms with E-state index in [2.05, 4.69) is 28.9 Å². The number of nitrogens with zero attached hydrogens (tertiary/aromatic N) is 4. The summed E-state index contributed by atoms with van der Waals surface area (Å²) in [5.74, 6) is 1.06. The predicted molar refractivity (Wildman–Crippen MR) is 62.8 cm³/mol. The summed E-state index contributed by atoms with van der Waals surface area (Å²) >= 11 is 0. The van der Waals surface area contributed by atoms with Crippen LogP contribution in [0.15, 0.2) is 6.33 Å². The topological polar surface area (TPSA) is 60.0 Å². The summed E-state index contributed by atoms with van der Waals surface area (Å²) in [5.41, 5.74) is 5.93. The van der Waals surface area contributed by atoms with Gasteiger partial charge in [-0.25, -0.2) is 0 Å². The third-order valence-corrected chi connectivity index (χ3v) is 3.02. The summed E-state index contributed by atoms with van der Waals surface area (Å²) in [5, 5.41) is 8.16. The molecule has 0 radical (unpaired) electrons. The zero-order valence-electron chi connectivity index (χ0n) is 10.3. The lowest BCUT2D eigenvalue weighted by molar-refractivity contribution is 0.202. The van der Waals surface area contributed by atoms with E-state index in [1.54, 1.807) is 6.33 Å². The Bertz CT molecular complexity index is 352. The third-order valence-electron chi connectivity index (χ3n) is 3.02. The molecule has 0 amide bonds. The van der Waals surface area contributed by atoms with Crippen LogP contribution in [0.5, 0.6) is 0 Å². The largest absolute Gasteiger partial charge is 0.324 e. The lowest BCUT2D eigenvalue weighted by Crippen LogP contribution is -2.45. The van der Waals surface area contributed by atoms with Crippen LogP contribution in [0.2, 0.25) is 0 Å². The van der Waals surface area contributed by atoms with Crippen LogP contribution in [0.4, 0.5) is 0 Å². The second kappa shape index (κ2) is 4.14. The second-order valence-corrected chi connectivity index (χ2v) is 5.42. The van der Waals surface area contributed by atoms with E-state index in [-0.39, 0.29) is 5.54 Å². The van der Waals surface area contributed by atoms with Crippen LogP contribution in [0, 0.1) is 0 Å². The van der Waals surface area contributed by atoms with Gasteiger partial charge in [0.2, 0.25) is 0 Å². The van der Waals surface area contributed by atoms with Gasteiger partial charge in [0.1, 0.15) is 12.2 Å². The number of rotatable bonds is 3. The van der Waals surface area contributed by atoms with Crippen molar-refractivity contribution in [1.29, 1.82) is 0 Å². The molecule has 1 aliphatic heterocycles. The highest BCUT2D eigenvalue weighted by molar-refractivity contribution is 4.99. The molecule has 1 saturated heterocycles. The molecule has 0 aromatic carbocycles. The second-order valence-electron chi connectivity index (χ2n) is 5.42. The first-order chi connectivity index (χ1) is 7.47. The SMILES string of the molecule is Cn1cnnc1C1CCCN1CC(C)(C)N. The Morgan fingerprint density at radius 1 is 1.56 bits per heavy atom. The Morgan fingerprint density at radius 3 is 2.88 bits per heavy atom. The van der Waals surface area contributed by atoms with Crippen LogP contribution in [0.3, 0.4) is 0 Å². The zero-order chi connectivity index (χ0) is 11.8. The van der Waals surface area contributed by atoms with Crippen LogP contribution in [0.1, 0.15) is 38.6 Å². The smallest absolute Gasteiger partial charge is 0.149 e. The molecular weight excluding hydrogens is 202 g/mol. The van der Waals surface area contributed by atoms with E-state index < -0.39 is 0 Å². The summed E-state index contributed by atoms with van der Waals surface area (Å²) in [6.45, 7) is 6.15. The van der Waals surface area contributed by atoms with Crippen LogP contribution >= 0.6 is 0 Å². The average Bonchev–Trinajstić information content (AvgIpc) is 2.71. The Hall–Kier alpha value is -0.940. The highest BCUT2D eigenvalue weighted by Gasteiger charge is 2.31. The fraction of sp³-hybridized carbons (Fsp3) is 0.818. The van der Waals surface area contributed by atoms with Crippen LogP contribution < -0.4 is 5.73 Å². The predicted octanol–water partition coefficient (Wildman–Crippen LogP) is 0.689. The van der Waals surface area contributed by atoms with E-state index >= 15 is 0 Å². The summed E-state index contributed by atoms with van der Waals surface area (Å²) < 4.78 is 2.01. The summed E-state index contributed by atoms with van der Waals surface area (Å²) in [6, 6.07) is 0.385. The van der Waals surface area contributed by atoms with Gasteiger partial charge >= 0.3 is 0 Å². The Labute approximate surface area is 96.6 Å². The molecule has 0 spiro atoms. The van der Waals surface area contributed by atoms with Gasteiger partial charge in [-0.2, -0.15) is 0 Å². The number of aryl methyl sites for hydroxylation is 1. The van der Waals surface area contributed by atoms with Crippen molar-refractivity contribution >= 4 is 0 Å². The Morgan fingerprint density at radius 2 is 2.31 bits per heavy atom. The lowest BCUT2D eigenvalue weighted by atomic mass is 10.1. The van der Waals surface area contributed by atoms with E-state index in [1.165, 1.54) is 6.42 Å². The normalized spacial score (nSPS) is 22.9. The minimum atomic E-state index is -0.152. The Balaban J connectivity index is 2.13. The monoisotopic (exact) mass is 223 g/mol. The standard InChI is InChI=1S/C11H21N5/c1-11(2,12)7-16-6-4-5-9(16)10-14-13-8-15(10)3/h8-9H,4-7,12H2,1-3H3. The fourth-order valence-corrected chi connectivity index (χ4v) is 2.43. The molecule has 90 valence electrons. The molecule has 5 heteroatoms. The molecule has 2 rings (SSSR count). The first kappa shape index (κ1) is 11.5. The summed E-state index contributed by atoms with van der Waals surface area (Å²) in [7, 11) is 2.00. The highest BCUT2D eigenvalue weighted by atomic mass is 15.3. The number of hydrogen-bond donors (Lipinski definition) is 1. The molecule has 16 heavy (non-hydrogen) atoms. The molecule has 0 saturated carbocycles. The van der Waals surface area contributed by atoms with Gasteiger partial charge in [-0.15, -0.1) is 10.2 Å². The van der Waals surface area contributed by atoms with E-state index in [0.717, 1.165) is 25.3 Å². The first-order valence-electron chi connectivity index (χ1n) is 5.84. The molecule has 2 N–H and O–H groups in total. The fourth-order valence-electron chi connectivity index (χ4n) is 2.43. The molecule has 2 heterocycles. The molecule has 1 atom stereocenters. The van der Waals surface area contributed by atoms with Crippen molar-refractivity contribution in [1.82, 2.24) is 19.7 Å². The number of likely N-dealkylation sites (tertiary alicyclic amines) is 1. The van der Waals surface area contributed by atoms with Crippen LogP contribution in [-0.4, -0.2) is 38.3 Å². The molecular formula is C11H21N5. The number of aromatic nitrogens is 3. The first-order valence-corrected chi connectivity index (χ1v) is 5.84. The van der Waals surface area contributed by atoms with Crippen LogP contribution in [0.25, 0.3) is 0 Å². The number of nitrogens with two attached hydrogens (primary N) is 1. The van der Waals surface area contributed by atoms with Gasteiger partial charge in [0.15, 0.2) is 0 Å². The Kier molecular flexibility index (Phi) is 2.99. The summed E-state index contributed by atoms with van der Waals surface area (Å²) in [6.07, 6.45) is 4.13.